The van der Waals surface area contributed by atoms with Crippen molar-refractivity contribution in [3.05, 3.63) is 12.2 Å². The minimum Gasteiger partial charge on any atom is -0.481 e. The zero-order valence-corrected chi connectivity index (χ0v) is 7.00. The van der Waals surface area contributed by atoms with E-state index in [9.17, 15) is 9.59 Å². The highest BCUT2D eigenvalue weighted by atomic mass is 16.5. The monoisotopic (exact) mass is 172 g/mol. The van der Waals surface area contributed by atoms with Gasteiger partial charge in [-0.05, 0) is 13.3 Å². The number of ether oxygens (including phenoxy) is 1. The highest BCUT2D eigenvalue weighted by molar-refractivity contribution is 5.86. The summed E-state index contributed by atoms with van der Waals surface area (Å²) >= 11 is 0. The van der Waals surface area contributed by atoms with Crippen molar-refractivity contribution in [3.8, 4) is 0 Å². The first-order valence-electron chi connectivity index (χ1n) is 3.58. The summed E-state index contributed by atoms with van der Waals surface area (Å²) in [5.74, 6) is -1.36. The van der Waals surface area contributed by atoms with E-state index in [0.717, 1.165) is 0 Å². The first kappa shape index (κ1) is 10.7. The van der Waals surface area contributed by atoms with Gasteiger partial charge in [0.15, 0.2) is 0 Å². The molecule has 0 aliphatic carbocycles. The minimum absolute atomic E-state index is 0.0173. The van der Waals surface area contributed by atoms with Gasteiger partial charge in [0.05, 0.1) is 6.61 Å². The van der Waals surface area contributed by atoms with Crippen LogP contribution in [0.3, 0.4) is 0 Å². The first-order valence-corrected chi connectivity index (χ1v) is 3.58. The van der Waals surface area contributed by atoms with E-state index in [1.165, 1.54) is 0 Å². The number of carboxylic acid groups (broad SMARTS) is 1. The topological polar surface area (TPSA) is 63.6 Å². The molecule has 1 N–H and O–H groups in total. The Morgan fingerprint density at radius 1 is 1.50 bits per heavy atom. The Kier molecular flexibility index (Phi) is 4.76. The highest BCUT2D eigenvalue weighted by Gasteiger charge is 2.03. The Hall–Kier alpha value is -1.32. The number of carboxylic acids is 1. The Labute approximate surface area is 70.8 Å². The van der Waals surface area contributed by atoms with Crippen molar-refractivity contribution < 1.29 is 19.4 Å². The lowest BCUT2D eigenvalue weighted by molar-refractivity contribution is -0.142. The average Bonchev–Trinajstić information content (AvgIpc) is 1.97. The molecule has 0 saturated heterocycles. The van der Waals surface area contributed by atoms with E-state index in [4.69, 9.17) is 5.11 Å². The zero-order valence-electron chi connectivity index (χ0n) is 7.00. The molecule has 4 heteroatoms. The van der Waals surface area contributed by atoms with Gasteiger partial charge in [0.25, 0.3) is 0 Å². The van der Waals surface area contributed by atoms with E-state index in [1.54, 1.807) is 6.92 Å². The van der Waals surface area contributed by atoms with E-state index < -0.39 is 11.9 Å². The van der Waals surface area contributed by atoms with Crippen LogP contribution in [0.4, 0.5) is 0 Å². The predicted octanol–water partition coefficient (Wildman–Crippen LogP) is 0.970. The lowest BCUT2D eigenvalue weighted by atomic mass is 10.3. The molecule has 0 atom stereocenters. The summed E-state index contributed by atoms with van der Waals surface area (Å²) in [7, 11) is 0. The van der Waals surface area contributed by atoms with E-state index >= 15 is 0 Å². The van der Waals surface area contributed by atoms with Gasteiger partial charge in [-0.1, -0.05) is 6.58 Å². The molecule has 0 bridgehead atoms. The molecule has 0 radical (unpaired) electrons. The van der Waals surface area contributed by atoms with Crippen molar-refractivity contribution in [1.29, 1.82) is 0 Å². The largest absolute Gasteiger partial charge is 0.481 e. The number of aliphatic carboxylic acids is 1. The Morgan fingerprint density at radius 2 is 2.08 bits per heavy atom. The molecule has 12 heavy (non-hydrogen) atoms. The van der Waals surface area contributed by atoms with Gasteiger partial charge < -0.3 is 9.84 Å². The molecule has 0 aromatic heterocycles. The van der Waals surface area contributed by atoms with E-state index in [0.29, 0.717) is 12.0 Å². The zero-order chi connectivity index (χ0) is 9.56. The quantitative estimate of drug-likeness (QED) is 0.381. The maximum Gasteiger partial charge on any atom is 0.333 e. The van der Waals surface area contributed by atoms with Crippen LogP contribution < -0.4 is 0 Å². The smallest absolute Gasteiger partial charge is 0.333 e. The van der Waals surface area contributed by atoms with Gasteiger partial charge >= 0.3 is 11.9 Å². The fraction of sp³-hybridized carbons (Fsp3) is 0.500. The third-order valence-corrected chi connectivity index (χ3v) is 1.12. The fourth-order valence-corrected chi connectivity index (χ4v) is 0.511. The second-order valence-electron chi connectivity index (χ2n) is 2.41. The number of carbonyl (C=O) groups excluding carboxylic acids is 1. The standard InChI is InChI=1S/C8H12O4/c1-6(2)8(11)12-5-3-4-7(9)10/h1,3-5H2,2H3,(H,9,10). The second kappa shape index (κ2) is 5.35. The second-order valence-corrected chi connectivity index (χ2v) is 2.41. The number of rotatable bonds is 5. The molecule has 68 valence electrons. The van der Waals surface area contributed by atoms with Crippen LogP contribution in [0.15, 0.2) is 12.2 Å². The molecule has 0 spiro atoms. The molecule has 0 aliphatic heterocycles. The minimum atomic E-state index is -0.888. The summed E-state index contributed by atoms with van der Waals surface area (Å²) in [6, 6.07) is 0. The SMILES string of the molecule is C=C(C)C(=O)OCCCC(=O)O. The number of hydrogen-bond donors (Lipinski definition) is 1. The average molecular weight is 172 g/mol. The van der Waals surface area contributed by atoms with E-state index in [-0.39, 0.29) is 13.0 Å². The van der Waals surface area contributed by atoms with Crippen molar-refractivity contribution in [1.82, 2.24) is 0 Å². The lowest BCUT2D eigenvalue weighted by Gasteiger charge is -2.01. The molecule has 0 aliphatic rings. The molecular weight excluding hydrogens is 160 g/mol. The number of carbonyl (C=O) groups is 2. The van der Waals surface area contributed by atoms with Gasteiger partial charge in [0.1, 0.15) is 0 Å². The van der Waals surface area contributed by atoms with E-state index in [2.05, 4.69) is 11.3 Å². The van der Waals surface area contributed by atoms with Gasteiger partial charge in [0.2, 0.25) is 0 Å². The summed E-state index contributed by atoms with van der Waals surface area (Å²) in [4.78, 5) is 20.7. The van der Waals surface area contributed by atoms with Crippen molar-refractivity contribution >= 4 is 11.9 Å². The Morgan fingerprint density at radius 3 is 2.50 bits per heavy atom. The predicted molar refractivity (Wildman–Crippen MR) is 42.6 cm³/mol. The van der Waals surface area contributed by atoms with Crippen molar-refractivity contribution in [2.75, 3.05) is 6.61 Å². The van der Waals surface area contributed by atoms with Crippen molar-refractivity contribution in [2.45, 2.75) is 19.8 Å². The molecule has 0 rings (SSSR count). The maximum absolute atomic E-state index is 10.7. The fourth-order valence-electron chi connectivity index (χ4n) is 0.511. The molecule has 0 aromatic rings. The molecular formula is C8H12O4. The van der Waals surface area contributed by atoms with Gasteiger partial charge in [-0.3, -0.25) is 4.79 Å². The van der Waals surface area contributed by atoms with Crippen LogP contribution >= 0.6 is 0 Å². The summed E-state index contributed by atoms with van der Waals surface area (Å²) in [5, 5.41) is 8.23. The third-order valence-electron chi connectivity index (χ3n) is 1.12. The van der Waals surface area contributed by atoms with Crippen molar-refractivity contribution in [3.63, 3.8) is 0 Å². The summed E-state index contributed by atoms with van der Waals surface area (Å²) < 4.78 is 4.65. The molecule has 0 amide bonds. The van der Waals surface area contributed by atoms with Crippen LogP contribution in [-0.4, -0.2) is 23.7 Å². The molecule has 0 fully saturated rings. The lowest BCUT2D eigenvalue weighted by Crippen LogP contribution is -2.07. The van der Waals surface area contributed by atoms with Crippen LogP contribution in [0.1, 0.15) is 19.8 Å². The van der Waals surface area contributed by atoms with Gasteiger partial charge in [-0.2, -0.15) is 0 Å². The highest BCUT2D eigenvalue weighted by Crippen LogP contribution is 1.95. The Balaban J connectivity index is 3.38. The van der Waals surface area contributed by atoms with Gasteiger partial charge in [0, 0.05) is 12.0 Å². The summed E-state index contributed by atoms with van der Waals surface area (Å²) in [6.07, 6.45) is 0.359. The normalized spacial score (nSPS) is 9.08. The number of hydrogen-bond acceptors (Lipinski definition) is 3. The third kappa shape index (κ3) is 5.46. The molecule has 4 nitrogen and oxygen atoms in total. The van der Waals surface area contributed by atoms with Gasteiger partial charge in [-0.25, -0.2) is 4.79 Å². The van der Waals surface area contributed by atoms with Crippen LogP contribution in [-0.2, 0) is 14.3 Å². The van der Waals surface area contributed by atoms with Crippen LogP contribution in [0.2, 0.25) is 0 Å². The molecule has 0 aromatic carbocycles. The summed E-state index contributed by atoms with van der Waals surface area (Å²) in [5.41, 5.74) is 0.324. The molecule has 0 unspecified atom stereocenters. The molecule has 0 heterocycles. The van der Waals surface area contributed by atoms with Crippen molar-refractivity contribution in [2.24, 2.45) is 0 Å². The summed E-state index contributed by atoms with van der Waals surface area (Å²) in [6.45, 7) is 5.06. The Bertz CT molecular complexity index is 195. The molecule has 0 saturated carbocycles. The van der Waals surface area contributed by atoms with Crippen LogP contribution in [0, 0.1) is 0 Å². The van der Waals surface area contributed by atoms with Crippen LogP contribution in [0.5, 0.6) is 0 Å². The number of esters is 1. The van der Waals surface area contributed by atoms with Gasteiger partial charge in [-0.15, -0.1) is 0 Å². The maximum atomic E-state index is 10.7. The van der Waals surface area contributed by atoms with Crippen LogP contribution in [0.25, 0.3) is 0 Å². The van der Waals surface area contributed by atoms with E-state index in [1.807, 2.05) is 0 Å². The first-order chi connectivity index (χ1) is 5.54.